The molecule has 0 saturated carbocycles. The minimum Gasteiger partial charge on any atom is -0.475 e. The Morgan fingerprint density at radius 3 is 2.28 bits per heavy atom. The monoisotopic (exact) mass is 584 g/mol. The van der Waals surface area contributed by atoms with Crippen LogP contribution in [0.4, 0.5) is 40.4 Å². The van der Waals surface area contributed by atoms with Gasteiger partial charge in [0.2, 0.25) is 0 Å². The van der Waals surface area contributed by atoms with Crippen LogP contribution in [-0.4, -0.2) is 52.1 Å². The van der Waals surface area contributed by atoms with Crippen molar-refractivity contribution >= 4 is 67.9 Å². The summed E-state index contributed by atoms with van der Waals surface area (Å²) in [5.41, 5.74) is 8.93. The van der Waals surface area contributed by atoms with Gasteiger partial charge in [0.1, 0.15) is 27.7 Å². The highest BCUT2D eigenvalue weighted by Gasteiger charge is 2.38. The first-order chi connectivity index (χ1) is 18.3. The number of thiophene rings is 1. The van der Waals surface area contributed by atoms with Gasteiger partial charge in [0.05, 0.1) is 16.1 Å². The van der Waals surface area contributed by atoms with Crippen molar-refractivity contribution in [3.05, 3.63) is 70.1 Å². The first-order valence-corrected chi connectivity index (χ1v) is 12.1. The summed E-state index contributed by atoms with van der Waals surface area (Å²) in [7, 11) is 3.99. The molecule has 9 nitrogen and oxygen atoms in total. The summed E-state index contributed by atoms with van der Waals surface area (Å²) in [5.74, 6) is -3.21. The molecular weight excluding hydrogens is 564 g/mol. The van der Waals surface area contributed by atoms with Crippen molar-refractivity contribution in [1.29, 1.82) is 0 Å². The third kappa shape index (κ3) is 7.75. The molecule has 0 aliphatic rings. The van der Waals surface area contributed by atoms with Gasteiger partial charge in [-0.25, -0.2) is 19.2 Å². The van der Waals surface area contributed by atoms with Crippen molar-refractivity contribution in [2.24, 2.45) is 0 Å². The van der Waals surface area contributed by atoms with Crippen LogP contribution >= 0.6 is 22.9 Å². The van der Waals surface area contributed by atoms with E-state index in [1.807, 2.05) is 38.4 Å². The fourth-order valence-electron chi connectivity index (χ4n) is 3.18. The summed E-state index contributed by atoms with van der Waals surface area (Å²) >= 11 is 7.03. The van der Waals surface area contributed by atoms with Crippen LogP contribution < -0.4 is 16.4 Å². The molecular formula is C24H21ClF4N6O3S. The Morgan fingerprint density at radius 1 is 1.10 bits per heavy atom. The Balaban J connectivity index is 0.000000532. The van der Waals surface area contributed by atoms with Gasteiger partial charge in [0.15, 0.2) is 0 Å². The van der Waals surface area contributed by atoms with Gasteiger partial charge in [-0.2, -0.15) is 13.2 Å². The molecule has 0 aliphatic carbocycles. The Hall–Kier alpha value is -4.01. The number of halogens is 5. The maximum atomic E-state index is 13.5. The summed E-state index contributed by atoms with van der Waals surface area (Å²) in [6.45, 7) is 0.811. The number of nitrogens with one attached hydrogen (secondary N) is 2. The normalized spacial score (nSPS) is 11.2. The smallest absolute Gasteiger partial charge is 0.475 e. The second-order valence-corrected chi connectivity index (χ2v) is 9.60. The van der Waals surface area contributed by atoms with Crippen LogP contribution in [0.1, 0.15) is 15.2 Å². The van der Waals surface area contributed by atoms with E-state index in [2.05, 4.69) is 25.5 Å². The number of aliphatic carboxylic acids is 1. The maximum absolute atomic E-state index is 13.5. The van der Waals surface area contributed by atoms with E-state index in [9.17, 15) is 22.4 Å². The number of nitrogen functional groups attached to an aromatic ring is 1. The molecule has 2 heterocycles. The molecule has 206 valence electrons. The van der Waals surface area contributed by atoms with Crippen molar-refractivity contribution in [1.82, 2.24) is 14.9 Å². The first-order valence-electron chi connectivity index (χ1n) is 10.9. The molecule has 2 aromatic heterocycles. The summed E-state index contributed by atoms with van der Waals surface area (Å²) in [5, 5.41) is 13.6. The van der Waals surface area contributed by atoms with Crippen molar-refractivity contribution in [2.45, 2.75) is 12.7 Å². The van der Waals surface area contributed by atoms with E-state index in [4.69, 9.17) is 27.2 Å². The number of carbonyl (C=O) groups is 2. The van der Waals surface area contributed by atoms with Gasteiger partial charge in [-0.15, -0.1) is 11.3 Å². The lowest BCUT2D eigenvalue weighted by atomic mass is 10.2. The van der Waals surface area contributed by atoms with Crippen LogP contribution in [0.15, 0.2) is 48.8 Å². The summed E-state index contributed by atoms with van der Waals surface area (Å²) in [6, 6.07) is 11.9. The Labute approximate surface area is 228 Å². The fraction of sp³-hybridized carbons (Fsp3) is 0.167. The molecule has 0 spiro atoms. The number of nitrogens with two attached hydrogens (primary N) is 1. The Kier molecular flexibility index (Phi) is 9.27. The zero-order chi connectivity index (χ0) is 28.9. The number of carbonyl (C=O) groups excluding carboxylic acids is 1. The molecule has 0 saturated heterocycles. The van der Waals surface area contributed by atoms with Gasteiger partial charge in [0.25, 0.3) is 5.91 Å². The Bertz CT molecular complexity index is 1500. The number of hydrogen-bond acceptors (Lipinski definition) is 8. The van der Waals surface area contributed by atoms with Gasteiger partial charge < -0.3 is 26.4 Å². The molecule has 0 atom stereocenters. The molecule has 4 aromatic rings. The molecule has 0 bridgehead atoms. The average Bonchev–Trinajstić information content (AvgIpc) is 3.19. The SMILES string of the molecule is CN(C)Cc1ccc(NC(=O)c2sc3ncnc(Nc4ccc(F)c(Cl)c4)c3c2N)cc1.O=C(O)C(F)(F)F. The lowest BCUT2D eigenvalue weighted by molar-refractivity contribution is -0.192. The molecule has 0 unspecified atom stereocenters. The molecule has 4 rings (SSSR count). The summed E-state index contributed by atoms with van der Waals surface area (Å²) in [6.07, 6.45) is -3.71. The highest BCUT2D eigenvalue weighted by molar-refractivity contribution is 7.21. The molecule has 5 N–H and O–H groups in total. The number of carboxylic acids is 1. The van der Waals surface area contributed by atoms with E-state index in [0.29, 0.717) is 32.3 Å². The number of rotatable bonds is 6. The maximum Gasteiger partial charge on any atom is 0.490 e. The standard InChI is InChI=1S/C22H20ClFN6OS.C2HF3O2/c1-30(2)10-12-3-5-13(6-4-12)29-21(31)19-18(25)17-20(26-11-27-22(17)32-19)28-14-7-8-16(24)15(23)9-14;3-2(4,5)1(6)7/h3-9,11H,10,25H2,1-2H3,(H,29,31)(H,26,27,28);(H,6,7). The van der Waals surface area contributed by atoms with E-state index in [0.717, 1.165) is 12.1 Å². The van der Waals surface area contributed by atoms with Crippen LogP contribution in [0, 0.1) is 5.82 Å². The van der Waals surface area contributed by atoms with E-state index in [1.54, 1.807) is 0 Å². The van der Waals surface area contributed by atoms with Gasteiger partial charge in [-0.3, -0.25) is 4.79 Å². The van der Waals surface area contributed by atoms with E-state index < -0.39 is 18.0 Å². The number of carboxylic acid groups (broad SMARTS) is 1. The molecule has 2 aromatic carbocycles. The van der Waals surface area contributed by atoms with E-state index in [1.165, 1.54) is 35.9 Å². The minimum absolute atomic E-state index is 0.0183. The van der Waals surface area contributed by atoms with Crippen LogP contribution in [-0.2, 0) is 11.3 Å². The third-order valence-electron chi connectivity index (χ3n) is 4.87. The lowest BCUT2D eigenvalue weighted by Crippen LogP contribution is -2.21. The average molecular weight is 585 g/mol. The number of nitrogens with zero attached hydrogens (tertiary/aromatic N) is 3. The van der Waals surface area contributed by atoms with E-state index >= 15 is 0 Å². The predicted molar refractivity (Wildman–Crippen MR) is 142 cm³/mol. The number of hydrogen-bond donors (Lipinski definition) is 4. The van der Waals surface area contributed by atoms with Crippen molar-refractivity contribution in [2.75, 3.05) is 30.5 Å². The largest absolute Gasteiger partial charge is 0.490 e. The third-order valence-corrected chi connectivity index (χ3v) is 6.27. The predicted octanol–water partition coefficient (Wildman–Crippen LogP) is 5.76. The zero-order valence-corrected chi connectivity index (χ0v) is 21.9. The number of benzene rings is 2. The van der Waals surface area contributed by atoms with Crippen molar-refractivity contribution in [3.63, 3.8) is 0 Å². The lowest BCUT2D eigenvalue weighted by Gasteiger charge is -2.10. The first kappa shape index (κ1) is 29.5. The topological polar surface area (TPSA) is 133 Å². The van der Waals surface area contributed by atoms with E-state index in [-0.39, 0.29) is 16.6 Å². The summed E-state index contributed by atoms with van der Waals surface area (Å²) in [4.78, 5) is 33.2. The number of fused-ring (bicyclic) bond motifs is 1. The van der Waals surface area contributed by atoms with Crippen LogP contribution in [0.5, 0.6) is 0 Å². The molecule has 15 heteroatoms. The van der Waals surface area contributed by atoms with Crippen LogP contribution in [0.3, 0.4) is 0 Å². The summed E-state index contributed by atoms with van der Waals surface area (Å²) < 4.78 is 45.2. The molecule has 39 heavy (non-hydrogen) atoms. The number of aromatic nitrogens is 2. The second kappa shape index (κ2) is 12.2. The molecule has 1 amide bonds. The van der Waals surface area contributed by atoms with Crippen molar-refractivity contribution in [3.8, 4) is 0 Å². The number of anilines is 4. The molecule has 0 aliphatic heterocycles. The van der Waals surface area contributed by atoms with Gasteiger partial charge in [-0.05, 0) is 50.0 Å². The quantitative estimate of drug-likeness (QED) is 0.210. The number of amides is 1. The minimum atomic E-state index is -5.08. The zero-order valence-electron chi connectivity index (χ0n) is 20.3. The Morgan fingerprint density at radius 2 is 1.72 bits per heavy atom. The van der Waals surface area contributed by atoms with Gasteiger partial charge >= 0.3 is 12.1 Å². The number of alkyl halides is 3. The molecule has 0 radical (unpaired) electrons. The van der Waals surface area contributed by atoms with Gasteiger partial charge in [-0.1, -0.05) is 23.7 Å². The van der Waals surface area contributed by atoms with Crippen LogP contribution in [0.2, 0.25) is 5.02 Å². The fourth-order valence-corrected chi connectivity index (χ4v) is 4.31. The van der Waals surface area contributed by atoms with Crippen molar-refractivity contribution < 1.29 is 32.3 Å². The molecule has 0 fully saturated rings. The van der Waals surface area contributed by atoms with Gasteiger partial charge in [0, 0.05) is 17.9 Å². The highest BCUT2D eigenvalue weighted by atomic mass is 35.5. The van der Waals surface area contributed by atoms with Crippen LogP contribution in [0.25, 0.3) is 10.2 Å². The second-order valence-electron chi connectivity index (χ2n) is 8.19. The highest BCUT2D eigenvalue weighted by Crippen LogP contribution is 2.37.